The van der Waals surface area contributed by atoms with Crippen molar-refractivity contribution in [2.45, 2.75) is 0 Å². The molecule has 0 atom stereocenters. The molecule has 0 aromatic heterocycles. The van der Waals surface area contributed by atoms with Crippen LogP contribution in [0.15, 0.2) is 30.5 Å². The van der Waals surface area contributed by atoms with Gasteiger partial charge in [0.15, 0.2) is 0 Å². The molecule has 2 rings (SSSR count). The quantitative estimate of drug-likeness (QED) is 0.530. The topological polar surface area (TPSA) is 72.2 Å². The summed E-state index contributed by atoms with van der Waals surface area (Å²) in [5.41, 5.74) is 1.30. The predicted octanol–water partition coefficient (Wildman–Crippen LogP) is 1.01. The van der Waals surface area contributed by atoms with Crippen molar-refractivity contribution in [3.8, 4) is 0 Å². The summed E-state index contributed by atoms with van der Waals surface area (Å²) >= 11 is 0. The number of benzene rings is 1. The summed E-state index contributed by atoms with van der Waals surface area (Å²) < 4.78 is 0. The van der Waals surface area contributed by atoms with Gasteiger partial charge in [-0.05, 0) is 6.07 Å². The lowest BCUT2D eigenvalue weighted by Gasteiger charge is -1.93. The molecule has 0 saturated heterocycles. The van der Waals surface area contributed by atoms with Crippen molar-refractivity contribution >= 4 is 11.6 Å². The summed E-state index contributed by atoms with van der Waals surface area (Å²) in [7, 11) is 0. The molecule has 1 aliphatic rings. The van der Waals surface area contributed by atoms with Gasteiger partial charge in [-0.15, -0.1) is 0 Å². The number of amides is 1. The molecule has 0 spiro atoms. The van der Waals surface area contributed by atoms with Crippen molar-refractivity contribution < 1.29 is 9.72 Å². The number of carbonyl (C=O) groups excluding carboxylic acids is 1. The summed E-state index contributed by atoms with van der Waals surface area (Å²) in [6, 6.07) is 6.74. The predicted molar refractivity (Wildman–Crippen MR) is 48.9 cm³/mol. The van der Waals surface area contributed by atoms with Crippen LogP contribution in [0.25, 0.3) is 5.70 Å². The number of hydrogen-bond donors (Lipinski definition) is 1. The van der Waals surface area contributed by atoms with E-state index in [1.54, 1.807) is 24.3 Å². The minimum Gasteiger partial charge on any atom is -0.316 e. The van der Waals surface area contributed by atoms with Gasteiger partial charge < -0.3 is 5.32 Å². The van der Waals surface area contributed by atoms with Gasteiger partial charge in [-0.1, -0.05) is 18.2 Å². The van der Waals surface area contributed by atoms with Crippen molar-refractivity contribution in [1.82, 2.24) is 5.32 Å². The van der Waals surface area contributed by atoms with Crippen molar-refractivity contribution in [3.63, 3.8) is 0 Å². The van der Waals surface area contributed by atoms with Crippen molar-refractivity contribution in [3.05, 3.63) is 51.7 Å². The minimum absolute atomic E-state index is 0.246. The number of carbonyl (C=O) groups is 1. The first kappa shape index (κ1) is 8.43. The number of nitro groups is 1. The molecule has 5 nitrogen and oxygen atoms in total. The van der Waals surface area contributed by atoms with Gasteiger partial charge in [-0.2, -0.15) is 0 Å². The second kappa shape index (κ2) is 2.95. The lowest BCUT2D eigenvalue weighted by atomic mass is 10.1. The van der Waals surface area contributed by atoms with Crippen LogP contribution in [0.2, 0.25) is 0 Å². The molecule has 1 amide bonds. The van der Waals surface area contributed by atoms with E-state index in [2.05, 4.69) is 5.32 Å². The SMILES string of the molecule is O=C1N/C(=C\[N+](=O)[O-])c2ccccc21. The normalized spacial score (nSPS) is 16.6. The van der Waals surface area contributed by atoms with E-state index in [9.17, 15) is 14.9 Å². The second-order valence-corrected chi connectivity index (χ2v) is 2.83. The van der Waals surface area contributed by atoms with Crippen LogP contribution in [0.4, 0.5) is 0 Å². The fourth-order valence-corrected chi connectivity index (χ4v) is 1.38. The molecule has 0 radical (unpaired) electrons. The van der Waals surface area contributed by atoms with Gasteiger partial charge in [-0.3, -0.25) is 14.9 Å². The van der Waals surface area contributed by atoms with Crippen LogP contribution >= 0.6 is 0 Å². The molecule has 14 heavy (non-hydrogen) atoms. The summed E-state index contributed by atoms with van der Waals surface area (Å²) in [4.78, 5) is 20.9. The van der Waals surface area contributed by atoms with Crippen molar-refractivity contribution in [2.75, 3.05) is 0 Å². The number of fused-ring (bicyclic) bond motifs is 1. The molecule has 0 fully saturated rings. The van der Waals surface area contributed by atoms with Gasteiger partial charge in [0.2, 0.25) is 0 Å². The molecule has 5 heteroatoms. The molecule has 0 saturated carbocycles. The highest BCUT2D eigenvalue weighted by molar-refractivity contribution is 6.08. The average molecular weight is 190 g/mol. The Morgan fingerprint density at radius 2 is 1.93 bits per heavy atom. The highest BCUT2D eigenvalue weighted by atomic mass is 16.6. The maximum atomic E-state index is 11.3. The third kappa shape index (κ3) is 1.24. The van der Waals surface area contributed by atoms with Crippen LogP contribution in [-0.2, 0) is 0 Å². The molecule has 0 bridgehead atoms. The molecular weight excluding hydrogens is 184 g/mol. The van der Waals surface area contributed by atoms with Crippen LogP contribution in [0, 0.1) is 10.1 Å². The summed E-state index contributed by atoms with van der Waals surface area (Å²) in [5, 5.41) is 12.7. The third-order valence-electron chi connectivity index (χ3n) is 1.94. The molecule has 1 aromatic rings. The number of rotatable bonds is 1. The van der Waals surface area contributed by atoms with Gasteiger partial charge in [0.05, 0.1) is 4.92 Å². The molecule has 1 aliphatic heterocycles. The van der Waals surface area contributed by atoms with Gasteiger partial charge in [-0.25, -0.2) is 0 Å². The van der Waals surface area contributed by atoms with E-state index in [1.807, 2.05) is 0 Å². The zero-order valence-corrected chi connectivity index (χ0v) is 7.06. The Hall–Kier alpha value is -2.17. The first-order valence-corrected chi connectivity index (χ1v) is 3.94. The first-order chi connectivity index (χ1) is 6.68. The molecule has 70 valence electrons. The maximum Gasteiger partial charge on any atom is 0.258 e. The fraction of sp³-hybridized carbons (Fsp3) is 0. The molecule has 0 unspecified atom stereocenters. The zero-order chi connectivity index (χ0) is 10.1. The number of hydrogen-bond acceptors (Lipinski definition) is 3. The molecule has 1 N–H and O–H groups in total. The Labute approximate surface area is 79.2 Å². The van der Waals surface area contributed by atoms with Gasteiger partial charge in [0.1, 0.15) is 5.70 Å². The van der Waals surface area contributed by atoms with Crippen LogP contribution in [0.5, 0.6) is 0 Å². The van der Waals surface area contributed by atoms with Gasteiger partial charge in [0, 0.05) is 11.1 Å². The van der Waals surface area contributed by atoms with Crippen LogP contribution in [0.3, 0.4) is 0 Å². The van der Waals surface area contributed by atoms with E-state index in [0.717, 1.165) is 6.20 Å². The Morgan fingerprint density at radius 3 is 2.57 bits per heavy atom. The molecule has 1 aromatic carbocycles. The number of nitrogens with one attached hydrogen (secondary N) is 1. The van der Waals surface area contributed by atoms with E-state index in [-0.39, 0.29) is 11.6 Å². The summed E-state index contributed by atoms with van der Waals surface area (Å²) in [5.74, 6) is -0.297. The fourth-order valence-electron chi connectivity index (χ4n) is 1.38. The first-order valence-electron chi connectivity index (χ1n) is 3.94. The highest BCUT2D eigenvalue weighted by Crippen LogP contribution is 2.23. The standard InChI is InChI=1S/C9H6N2O3/c12-9-7-4-2-1-3-6(7)8(10-9)5-11(13)14/h1-5H,(H,10,12)/b8-5-. The van der Waals surface area contributed by atoms with Gasteiger partial charge in [0.25, 0.3) is 12.1 Å². The summed E-state index contributed by atoms with van der Waals surface area (Å²) in [6.07, 6.45) is 0.795. The van der Waals surface area contributed by atoms with E-state index in [0.29, 0.717) is 11.1 Å². The highest BCUT2D eigenvalue weighted by Gasteiger charge is 2.24. The van der Waals surface area contributed by atoms with Crippen molar-refractivity contribution in [1.29, 1.82) is 0 Å². The molecule has 1 heterocycles. The van der Waals surface area contributed by atoms with E-state index in [1.165, 1.54) is 0 Å². The zero-order valence-electron chi connectivity index (χ0n) is 7.06. The monoisotopic (exact) mass is 190 g/mol. The Balaban J connectivity index is 2.54. The third-order valence-corrected chi connectivity index (χ3v) is 1.94. The second-order valence-electron chi connectivity index (χ2n) is 2.83. The lowest BCUT2D eigenvalue weighted by molar-refractivity contribution is -0.401. The smallest absolute Gasteiger partial charge is 0.258 e. The molecule has 0 aliphatic carbocycles. The Morgan fingerprint density at radius 1 is 1.29 bits per heavy atom. The maximum absolute atomic E-state index is 11.3. The average Bonchev–Trinajstić information content (AvgIpc) is 2.44. The van der Waals surface area contributed by atoms with E-state index >= 15 is 0 Å². The largest absolute Gasteiger partial charge is 0.316 e. The van der Waals surface area contributed by atoms with Crippen LogP contribution in [0.1, 0.15) is 15.9 Å². The van der Waals surface area contributed by atoms with Crippen LogP contribution < -0.4 is 5.32 Å². The van der Waals surface area contributed by atoms with E-state index in [4.69, 9.17) is 0 Å². The Kier molecular flexibility index (Phi) is 1.78. The lowest BCUT2D eigenvalue weighted by Crippen LogP contribution is -2.12. The Bertz CT molecular complexity index is 451. The molecular formula is C9H6N2O3. The minimum atomic E-state index is -0.586. The number of nitrogens with zero attached hydrogens (tertiary/aromatic N) is 1. The van der Waals surface area contributed by atoms with Crippen molar-refractivity contribution in [2.24, 2.45) is 0 Å². The summed E-state index contributed by atoms with van der Waals surface area (Å²) in [6.45, 7) is 0. The van der Waals surface area contributed by atoms with Gasteiger partial charge >= 0.3 is 0 Å². The van der Waals surface area contributed by atoms with Crippen LogP contribution in [-0.4, -0.2) is 10.8 Å². The van der Waals surface area contributed by atoms with E-state index < -0.39 is 4.92 Å².